The smallest absolute Gasteiger partial charge is 0.277 e. The Morgan fingerprint density at radius 1 is 1.34 bits per heavy atom. The molecule has 0 aliphatic carbocycles. The first-order chi connectivity index (χ1) is 15.2. The molecule has 32 heavy (non-hydrogen) atoms. The molecule has 0 radical (unpaired) electrons. The van der Waals surface area contributed by atoms with Crippen molar-refractivity contribution >= 4 is 27.9 Å². The maximum atomic E-state index is 14.1. The third kappa shape index (κ3) is 4.09. The van der Waals surface area contributed by atoms with Crippen molar-refractivity contribution in [2.45, 2.75) is 13.2 Å². The molecular weight excluding hydrogens is 442 g/mol. The Morgan fingerprint density at radius 3 is 2.62 bits per heavy atom. The Balaban J connectivity index is 1.57. The molecule has 12 heteroatoms. The fraction of sp³-hybridized carbons (Fsp3) is 0.350. The summed E-state index contributed by atoms with van der Waals surface area (Å²) in [5.74, 6) is -2.24. The first kappa shape index (κ1) is 22.3. The number of aryl methyl sites for hydroxylation is 1. The summed E-state index contributed by atoms with van der Waals surface area (Å²) in [6, 6.07) is 3.46. The van der Waals surface area contributed by atoms with Gasteiger partial charge in [-0.25, -0.2) is 13.8 Å². The molecule has 1 saturated heterocycles. The Labute approximate surface area is 186 Å². The molecular formula is C20H22F2N6O3S. The van der Waals surface area contributed by atoms with Gasteiger partial charge in [0, 0.05) is 19.0 Å². The van der Waals surface area contributed by atoms with Crippen LogP contribution < -0.4 is 16.8 Å². The summed E-state index contributed by atoms with van der Waals surface area (Å²) >= 11 is 0.818. The van der Waals surface area contributed by atoms with Gasteiger partial charge in [-0.15, -0.1) is 0 Å². The Hall–Kier alpha value is -2.93. The van der Waals surface area contributed by atoms with Gasteiger partial charge in [0.25, 0.3) is 5.91 Å². The first-order valence-electron chi connectivity index (χ1n) is 9.69. The zero-order chi connectivity index (χ0) is 23.0. The SMILES string of the molecule is Cn1ncc(NC(=O)c2nc(-c3c(F)cccc3F)sc2N)c1[C@H]1OC[C@](C)(CN)CO1. The fourth-order valence-electron chi connectivity index (χ4n) is 3.23. The predicted octanol–water partition coefficient (Wildman–Crippen LogP) is 2.67. The third-order valence-electron chi connectivity index (χ3n) is 5.16. The second-order valence-electron chi connectivity index (χ2n) is 7.82. The van der Waals surface area contributed by atoms with Gasteiger partial charge in [0.05, 0.1) is 30.7 Å². The van der Waals surface area contributed by atoms with Gasteiger partial charge in [0.15, 0.2) is 5.69 Å². The third-order valence-corrected chi connectivity index (χ3v) is 6.06. The molecule has 0 atom stereocenters. The van der Waals surface area contributed by atoms with Crippen LogP contribution in [0.4, 0.5) is 19.5 Å². The van der Waals surface area contributed by atoms with E-state index in [1.165, 1.54) is 16.9 Å². The van der Waals surface area contributed by atoms with Crippen molar-refractivity contribution in [3.63, 3.8) is 0 Å². The minimum absolute atomic E-state index is 0.0227. The first-order valence-corrected chi connectivity index (χ1v) is 10.5. The number of rotatable bonds is 5. The molecule has 4 rings (SSSR count). The zero-order valence-corrected chi connectivity index (χ0v) is 18.2. The number of carbonyl (C=O) groups is 1. The van der Waals surface area contributed by atoms with Gasteiger partial charge in [-0.05, 0) is 12.1 Å². The van der Waals surface area contributed by atoms with Gasteiger partial charge in [-0.3, -0.25) is 9.48 Å². The number of nitrogen functional groups attached to an aromatic ring is 1. The van der Waals surface area contributed by atoms with Crippen molar-refractivity contribution in [2.75, 3.05) is 30.8 Å². The minimum atomic E-state index is -0.795. The van der Waals surface area contributed by atoms with Gasteiger partial charge < -0.3 is 26.3 Å². The zero-order valence-electron chi connectivity index (χ0n) is 17.4. The highest BCUT2D eigenvalue weighted by molar-refractivity contribution is 7.19. The Morgan fingerprint density at radius 2 is 2.00 bits per heavy atom. The van der Waals surface area contributed by atoms with E-state index in [9.17, 15) is 13.6 Å². The molecule has 1 amide bonds. The molecule has 1 fully saturated rings. The van der Waals surface area contributed by atoms with Gasteiger partial charge in [0.1, 0.15) is 27.3 Å². The average molecular weight is 464 g/mol. The van der Waals surface area contributed by atoms with Crippen molar-refractivity contribution in [2.24, 2.45) is 18.2 Å². The van der Waals surface area contributed by atoms with Crippen LogP contribution in [0.2, 0.25) is 0 Å². The molecule has 2 aromatic heterocycles. The minimum Gasteiger partial charge on any atom is -0.389 e. The van der Waals surface area contributed by atoms with Crippen LogP contribution in [0.5, 0.6) is 0 Å². The predicted molar refractivity (Wildman–Crippen MR) is 115 cm³/mol. The largest absolute Gasteiger partial charge is 0.389 e. The number of carbonyl (C=O) groups excluding carboxylic acids is 1. The van der Waals surface area contributed by atoms with Gasteiger partial charge in [-0.1, -0.05) is 24.3 Å². The molecule has 3 aromatic rings. The van der Waals surface area contributed by atoms with Crippen LogP contribution in [-0.4, -0.2) is 40.4 Å². The second-order valence-corrected chi connectivity index (χ2v) is 8.85. The number of aromatic nitrogens is 3. The number of benzene rings is 1. The monoisotopic (exact) mass is 464 g/mol. The number of halogens is 2. The average Bonchev–Trinajstić information content (AvgIpc) is 3.31. The molecule has 5 N–H and O–H groups in total. The summed E-state index contributed by atoms with van der Waals surface area (Å²) in [6.45, 7) is 3.12. The molecule has 0 unspecified atom stereocenters. The van der Waals surface area contributed by atoms with Gasteiger partial charge >= 0.3 is 0 Å². The van der Waals surface area contributed by atoms with Crippen LogP contribution in [-0.2, 0) is 16.5 Å². The number of hydrogen-bond donors (Lipinski definition) is 3. The van der Waals surface area contributed by atoms with Crippen molar-refractivity contribution in [3.8, 4) is 10.6 Å². The van der Waals surface area contributed by atoms with E-state index >= 15 is 0 Å². The fourth-order valence-corrected chi connectivity index (χ4v) is 4.10. The number of amides is 1. The number of ether oxygens (including phenoxy) is 2. The summed E-state index contributed by atoms with van der Waals surface area (Å²) < 4.78 is 41.4. The van der Waals surface area contributed by atoms with E-state index in [2.05, 4.69) is 15.4 Å². The maximum absolute atomic E-state index is 14.1. The van der Waals surface area contributed by atoms with E-state index in [0.29, 0.717) is 31.1 Å². The Kier molecular flexibility index (Phi) is 5.95. The highest BCUT2D eigenvalue weighted by atomic mass is 32.1. The number of thiazole rings is 1. The molecule has 1 aliphatic heterocycles. The van der Waals surface area contributed by atoms with E-state index < -0.39 is 23.8 Å². The highest BCUT2D eigenvalue weighted by Crippen LogP contribution is 2.36. The topological polar surface area (TPSA) is 130 Å². The van der Waals surface area contributed by atoms with Crippen LogP contribution >= 0.6 is 11.3 Å². The van der Waals surface area contributed by atoms with Crippen LogP contribution in [0.15, 0.2) is 24.4 Å². The Bertz CT molecular complexity index is 1140. The van der Waals surface area contributed by atoms with Crippen molar-refractivity contribution in [1.82, 2.24) is 14.8 Å². The van der Waals surface area contributed by atoms with Crippen molar-refractivity contribution in [3.05, 3.63) is 47.4 Å². The quantitative estimate of drug-likeness (QED) is 0.529. The molecule has 170 valence electrons. The van der Waals surface area contributed by atoms with E-state index in [1.807, 2.05) is 6.92 Å². The lowest BCUT2D eigenvalue weighted by atomic mass is 9.92. The normalized spacial score (nSPS) is 21.0. The van der Waals surface area contributed by atoms with Crippen LogP contribution in [0, 0.1) is 17.0 Å². The van der Waals surface area contributed by atoms with Crippen molar-refractivity contribution in [1.29, 1.82) is 0 Å². The lowest BCUT2D eigenvalue weighted by molar-refractivity contribution is -0.230. The van der Waals surface area contributed by atoms with Gasteiger partial charge in [-0.2, -0.15) is 5.10 Å². The summed E-state index contributed by atoms with van der Waals surface area (Å²) in [5, 5.41) is 6.84. The standard InChI is InChI=1S/C20H22F2N6O3S/c1-20(7-23)8-30-19(31-9-20)15-12(6-25-28(15)2)26-17(29)14-16(24)32-18(27-14)13-10(21)4-3-5-11(13)22/h3-6,19H,7-9,23-24H2,1-2H3,(H,26,29)/t19-,20-. The number of hydrogen-bond acceptors (Lipinski definition) is 8. The molecule has 1 aromatic carbocycles. The van der Waals surface area contributed by atoms with Crippen LogP contribution in [0.1, 0.15) is 29.4 Å². The van der Waals surface area contributed by atoms with E-state index in [1.54, 1.807) is 7.05 Å². The lowest BCUT2D eigenvalue weighted by Crippen LogP contribution is -2.42. The van der Waals surface area contributed by atoms with Crippen molar-refractivity contribution < 1.29 is 23.0 Å². The number of nitrogens with zero attached hydrogens (tertiary/aromatic N) is 3. The summed E-state index contributed by atoms with van der Waals surface area (Å²) in [4.78, 5) is 16.9. The highest BCUT2D eigenvalue weighted by Gasteiger charge is 2.35. The van der Waals surface area contributed by atoms with Gasteiger partial charge in [0.2, 0.25) is 6.29 Å². The van der Waals surface area contributed by atoms with E-state index in [4.69, 9.17) is 20.9 Å². The second kappa shape index (κ2) is 8.54. The summed E-state index contributed by atoms with van der Waals surface area (Å²) in [5.41, 5.74) is 11.7. The molecule has 0 saturated carbocycles. The molecule has 0 bridgehead atoms. The van der Waals surface area contributed by atoms with Crippen LogP contribution in [0.3, 0.4) is 0 Å². The number of nitrogens with two attached hydrogens (primary N) is 2. The maximum Gasteiger partial charge on any atom is 0.277 e. The summed E-state index contributed by atoms with van der Waals surface area (Å²) in [7, 11) is 1.69. The molecule has 1 aliphatic rings. The molecule has 9 nitrogen and oxygen atoms in total. The molecule has 0 spiro atoms. The van der Waals surface area contributed by atoms with E-state index in [0.717, 1.165) is 23.5 Å². The van der Waals surface area contributed by atoms with E-state index in [-0.39, 0.29) is 26.7 Å². The number of anilines is 2. The van der Waals surface area contributed by atoms with Crippen LogP contribution in [0.25, 0.3) is 10.6 Å². The number of nitrogens with one attached hydrogen (secondary N) is 1. The summed E-state index contributed by atoms with van der Waals surface area (Å²) in [6.07, 6.45) is 0.685. The molecule has 3 heterocycles. The lowest BCUT2D eigenvalue weighted by Gasteiger charge is -2.36.